The van der Waals surface area contributed by atoms with Crippen LogP contribution in [-0.4, -0.2) is 7.11 Å². The molecular formula is C10H12F2O. The molecule has 0 saturated heterocycles. The molecular weight excluding hydrogens is 174 g/mol. The van der Waals surface area contributed by atoms with Gasteiger partial charge in [-0.25, -0.2) is 8.78 Å². The summed E-state index contributed by atoms with van der Waals surface area (Å²) >= 11 is 0. The lowest BCUT2D eigenvalue weighted by Crippen LogP contribution is -1.98. The van der Waals surface area contributed by atoms with Crippen LogP contribution in [0.2, 0.25) is 0 Å². The lowest BCUT2D eigenvalue weighted by molar-refractivity contribution is 0.376. The molecule has 0 atom stereocenters. The highest BCUT2D eigenvalue weighted by Gasteiger charge is 2.12. The predicted octanol–water partition coefficient (Wildman–Crippen LogP) is 2.93. The van der Waals surface area contributed by atoms with Gasteiger partial charge in [0, 0.05) is 5.56 Å². The molecule has 1 rings (SSSR count). The van der Waals surface area contributed by atoms with E-state index in [0.29, 0.717) is 12.0 Å². The van der Waals surface area contributed by atoms with Gasteiger partial charge in [-0.15, -0.1) is 0 Å². The van der Waals surface area contributed by atoms with Gasteiger partial charge in [-0.2, -0.15) is 0 Å². The average molecular weight is 186 g/mol. The van der Waals surface area contributed by atoms with Gasteiger partial charge in [0.1, 0.15) is 5.82 Å². The SMILES string of the molecule is CCCc1c(F)ccc(F)c1OC. The fourth-order valence-corrected chi connectivity index (χ4v) is 1.28. The van der Waals surface area contributed by atoms with Crippen molar-refractivity contribution in [1.82, 2.24) is 0 Å². The standard InChI is InChI=1S/C10H12F2O/c1-3-4-7-8(11)5-6-9(12)10(7)13-2/h5-6H,3-4H2,1-2H3. The number of benzene rings is 1. The molecule has 0 N–H and O–H groups in total. The van der Waals surface area contributed by atoms with Gasteiger partial charge >= 0.3 is 0 Å². The van der Waals surface area contributed by atoms with Crippen LogP contribution in [0.4, 0.5) is 8.78 Å². The van der Waals surface area contributed by atoms with Gasteiger partial charge in [0.05, 0.1) is 7.11 Å². The zero-order valence-electron chi connectivity index (χ0n) is 7.73. The van der Waals surface area contributed by atoms with Crippen molar-refractivity contribution in [2.24, 2.45) is 0 Å². The number of rotatable bonds is 3. The molecule has 0 bridgehead atoms. The molecule has 0 spiro atoms. The summed E-state index contributed by atoms with van der Waals surface area (Å²) in [5.41, 5.74) is 0.324. The average Bonchev–Trinajstić information content (AvgIpc) is 2.12. The Kier molecular flexibility index (Phi) is 3.23. The van der Waals surface area contributed by atoms with Crippen molar-refractivity contribution in [3.05, 3.63) is 29.3 Å². The molecule has 1 aromatic rings. The molecule has 3 heteroatoms. The summed E-state index contributed by atoms with van der Waals surface area (Å²) < 4.78 is 31.0. The summed E-state index contributed by atoms with van der Waals surface area (Å²) in [6.07, 6.45) is 1.25. The Hall–Kier alpha value is -1.12. The quantitative estimate of drug-likeness (QED) is 0.705. The van der Waals surface area contributed by atoms with E-state index < -0.39 is 11.6 Å². The molecule has 0 aromatic heterocycles. The first kappa shape index (κ1) is 9.96. The third-order valence-electron chi connectivity index (χ3n) is 1.86. The number of methoxy groups -OCH3 is 1. The maximum atomic E-state index is 13.2. The van der Waals surface area contributed by atoms with Crippen molar-refractivity contribution in [1.29, 1.82) is 0 Å². The van der Waals surface area contributed by atoms with E-state index >= 15 is 0 Å². The van der Waals surface area contributed by atoms with Gasteiger partial charge in [0.15, 0.2) is 11.6 Å². The predicted molar refractivity (Wildman–Crippen MR) is 46.9 cm³/mol. The highest BCUT2D eigenvalue weighted by Crippen LogP contribution is 2.26. The Morgan fingerprint density at radius 2 is 1.85 bits per heavy atom. The topological polar surface area (TPSA) is 9.23 Å². The van der Waals surface area contributed by atoms with Gasteiger partial charge in [-0.1, -0.05) is 13.3 Å². The van der Waals surface area contributed by atoms with Gasteiger partial charge in [0.25, 0.3) is 0 Å². The Bertz CT molecular complexity index is 297. The van der Waals surface area contributed by atoms with Crippen molar-refractivity contribution >= 4 is 0 Å². The molecule has 0 aliphatic heterocycles. The first-order chi connectivity index (χ1) is 6.20. The molecule has 0 unspecified atom stereocenters. The van der Waals surface area contributed by atoms with E-state index in [1.807, 2.05) is 6.92 Å². The van der Waals surface area contributed by atoms with Crippen LogP contribution in [0, 0.1) is 11.6 Å². The zero-order chi connectivity index (χ0) is 9.84. The van der Waals surface area contributed by atoms with Gasteiger partial charge in [0.2, 0.25) is 0 Å². The maximum absolute atomic E-state index is 13.2. The minimum atomic E-state index is -0.507. The second-order valence-corrected chi connectivity index (χ2v) is 2.79. The van der Waals surface area contributed by atoms with E-state index in [1.54, 1.807) is 0 Å². The maximum Gasteiger partial charge on any atom is 0.165 e. The lowest BCUT2D eigenvalue weighted by atomic mass is 10.1. The molecule has 1 nitrogen and oxygen atoms in total. The van der Waals surface area contributed by atoms with E-state index in [2.05, 4.69) is 0 Å². The van der Waals surface area contributed by atoms with Crippen molar-refractivity contribution in [3.63, 3.8) is 0 Å². The molecule has 1 aromatic carbocycles. The molecule has 0 amide bonds. The number of hydrogen-bond acceptors (Lipinski definition) is 1. The van der Waals surface area contributed by atoms with Crippen LogP contribution in [-0.2, 0) is 6.42 Å². The van der Waals surface area contributed by atoms with E-state index in [4.69, 9.17) is 4.74 Å². The Morgan fingerprint density at radius 1 is 1.23 bits per heavy atom. The summed E-state index contributed by atoms with van der Waals surface area (Å²) in [4.78, 5) is 0. The zero-order valence-corrected chi connectivity index (χ0v) is 7.73. The molecule has 0 radical (unpaired) electrons. The number of hydrogen-bond donors (Lipinski definition) is 0. The molecule has 0 fully saturated rings. The largest absolute Gasteiger partial charge is 0.493 e. The van der Waals surface area contributed by atoms with Crippen LogP contribution in [0.5, 0.6) is 5.75 Å². The van der Waals surface area contributed by atoms with Crippen molar-refractivity contribution in [3.8, 4) is 5.75 Å². The summed E-state index contributed by atoms with van der Waals surface area (Å²) in [5.74, 6) is -0.880. The number of halogens is 2. The summed E-state index contributed by atoms with van der Waals surface area (Å²) in [5, 5.41) is 0. The molecule has 0 heterocycles. The Morgan fingerprint density at radius 3 is 2.38 bits per heavy atom. The molecule has 72 valence electrons. The monoisotopic (exact) mass is 186 g/mol. The summed E-state index contributed by atoms with van der Waals surface area (Å²) in [7, 11) is 1.34. The van der Waals surface area contributed by atoms with Gasteiger partial charge in [-0.05, 0) is 18.6 Å². The third kappa shape index (κ3) is 1.97. The first-order valence-electron chi connectivity index (χ1n) is 4.21. The van der Waals surface area contributed by atoms with E-state index in [0.717, 1.165) is 18.6 Å². The Balaban J connectivity index is 3.18. The van der Waals surface area contributed by atoms with E-state index in [1.165, 1.54) is 7.11 Å². The number of ether oxygens (including phenoxy) is 1. The fraction of sp³-hybridized carbons (Fsp3) is 0.400. The van der Waals surface area contributed by atoms with Gasteiger partial charge < -0.3 is 4.74 Å². The van der Waals surface area contributed by atoms with E-state index in [9.17, 15) is 8.78 Å². The highest BCUT2D eigenvalue weighted by molar-refractivity contribution is 5.36. The van der Waals surface area contributed by atoms with Crippen molar-refractivity contribution in [2.75, 3.05) is 7.11 Å². The summed E-state index contributed by atoms with van der Waals surface area (Å²) in [6.45, 7) is 1.91. The lowest BCUT2D eigenvalue weighted by Gasteiger charge is -2.09. The van der Waals surface area contributed by atoms with Gasteiger partial charge in [-0.3, -0.25) is 0 Å². The van der Waals surface area contributed by atoms with Crippen LogP contribution in [0.25, 0.3) is 0 Å². The van der Waals surface area contributed by atoms with Crippen molar-refractivity contribution < 1.29 is 13.5 Å². The minimum Gasteiger partial charge on any atom is -0.493 e. The van der Waals surface area contributed by atoms with Crippen LogP contribution >= 0.6 is 0 Å². The second kappa shape index (κ2) is 4.21. The smallest absolute Gasteiger partial charge is 0.165 e. The van der Waals surface area contributed by atoms with Crippen LogP contribution < -0.4 is 4.74 Å². The molecule has 0 aliphatic rings. The van der Waals surface area contributed by atoms with Crippen molar-refractivity contribution in [2.45, 2.75) is 19.8 Å². The van der Waals surface area contributed by atoms with Crippen LogP contribution in [0.3, 0.4) is 0 Å². The van der Waals surface area contributed by atoms with Crippen LogP contribution in [0.15, 0.2) is 12.1 Å². The fourth-order valence-electron chi connectivity index (χ4n) is 1.28. The minimum absolute atomic E-state index is 0.0295. The molecule has 0 saturated carbocycles. The molecule has 13 heavy (non-hydrogen) atoms. The van der Waals surface area contributed by atoms with Crippen LogP contribution in [0.1, 0.15) is 18.9 Å². The normalized spacial score (nSPS) is 10.2. The van der Waals surface area contributed by atoms with E-state index in [-0.39, 0.29) is 5.75 Å². The third-order valence-corrected chi connectivity index (χ3v) is 1.86. The highest BCUT2D eigenvalue weighted by atomic mass is 19.1. The molecule has 0 aliphatic carbocycles. The Labute approximate surface area is 76.3 Å². The first-order valence-corrected chi connectivity index (χ1v) is 4.21. The summed E-state index contributed by atoms with van der Waals surface area (Å²) in [6, 6.07) is 2.20. The second-order valence-electron chi connectivity index (χ2n) is 2.79.